The quantitative estimate of drug-likeness (QED) is 0.290. The molecule has 0 atom stereocenters. The molecular formula is C21H38FNO5. The first kappa shape index (κ1) is 26.3. The van der Waals surface area contributed by atoms with Gasteiger partial charge >= 0.3 is 11.9 Å². The maximum absolute atomic E-state index is 12.0. The summed E-state index contributed by atoms with van der Waals surface area (Å²) in [6.07, 6.45) is 10.9. The highest BCUT2D eigenvalue weighted by molar-refractivity contribution is 5.74. The molecule has 0 bridgehead atoms. The molecule has 0 saturated carbocycles. The van der Waals surface area contributed by atoms with Crippen LogP contribution in [-0.4, -0.2) is 43.3 Å². The highest BCUT2D eigenvalue weighted by Crippen LogP contribution is 2.19. The fourth-order valence-corrected chi connectivity index (χ4v) is 3.15. The number of nitrogens with one attached hydrogen (secondary N) is 1. The van der Waals surface area contributed by atoms with Crippen molar-refractivity contribution in [1.82, 2.24) is 5.32 Å². The van der Waals surface area contributed by atoms with Crippen LogP contribution in [0.2, 0.25) is 0 Å². The Kier molecular flexibility index (Phi) is 15.3. The Morgan fingerprint density at radius 2 is 1.11 bits per heavy atom. The van der Waals surface area contributed by atoms with E-state index >= 15 is 0 Å². The number of hydrogen-bond donors (Lipinski definition) is 1. The van der Waals surface area contributed by atoms with Crippen LogP contribution in [0.1, 0.15) is 91.4 Å². The summed E-state index contributed by atoms with van der Waals surface area (Å²) in [5.41, 5.74) is -0.889. The molecule has 0 aliphatic heterocycles. The van der Waals surface area contributed by atoms with Gasteiger partial charge in [0.05, 0.1) is 6.67 Å². The van der Waals surface area contributed by atoms with Gasteiger partial charge in [-0.3, -0.25) is 18.8 Å². The van der Waals surface area contributed by atoms with Crippen molar-refractivity contribution < 1.29 is 28.2 Å². The molecular weight excluding hydrogens is 365 g/mol. The van der Waals surface area contributed by atoms with Gasteiger partial charge in [-0.05, 0) is 12.8 Å². The molecule has 0 aliphatic carbocycles. The summed E-state index contributed by atoms with van der Waals surface area (Å²) >= 11 is 0. The van der Waals surface area contributed by atoms with E-state index in [1.807, 2.05) is 0 Å². The maximum Gasteiger partial charge on any atom is 0.302 e. The number of unbranched alkanes of at least 4 members (excludes halogenated alkanes) is 9. The summed E-state index contributed by atoms with van der Waals surface area (Å²) < 4.78 is 22.2. The molecule has 164 valence electrons. The number of esters is 2. The minimum Gasteiger partial charge on any atom is -0.463 e. The van der Waals surface area contributed by atoms with E-state index in [0.29, 0.717) is 12.8 Å². The number of alkyl halides is 1. The third kappa shape index (κ3) is 15.4. The number of rotatable bonds is 17. The average Bonchev–Trinajstić information content (AvgIpc) is 2.62. The Morgan fingerprint density at radius 3 is 1.46 bits per heavy atom. The lowest BCUT2D eigenvalue weighted by atomic mass is 9.92. The van der Waals surface area contributed by atoms with Gasteiger partial charge in [0.15, 0.2) is 0 Å². The highest BCUT2D eigenvalue weighted by Gasteiger charge is 2.33. The van der Waals surface area contributed by atoms with Crippen LogP contribution in [0.15, 0.2) is 0 Å². The van der Waals surface area contributed by atoms with Gasteiger partial charge in [-0.2, -0.15) is 0 Å². The smallest absolute Gasteiger partial charge is 0.302 e. The molecule has 0 radical (unpaired) electrons. The first-order valence-electron chi connectivity index (χ1n) is 10.4. The third-order valence-electron chi connectivity index (χ3n) is 4.58. The maximum atomic E-state index is 12.0. The Hall–Kier alpha value is -1.66. The molecule has 6 nitrogen and oxygen atoms in total. The van der Waals surface area contributed by atoms with E-state index in [-0.39, 0.29) is 25.8 Å². The van der Waals surface area contributed by atoms with E-state index in [9.17, 15) is 18.8 Å². The Labute approximate surface area is 168 Å². The van der Waals surface area contributed by atoms with E-state index in [4.69, 9.17) is 9.47 Å². The van der Waals surface area contributed by atoms with Crippen molar-refractivity contribution in [3.8, 4) is 0 Å². The standard InChI is InChI=1S/C21H38FNO5/c1-18(24)23-21(16-27-19(2)25,17-28-20(3)26)14-12-10-8-6-4-5-7-9-11-13-15-22/h4-17H2,1-3H3,(H,23,24). The molecule has 7 heteroatoms. The molecule has 1 amide bonds. The summed E-state index contributed by atoms with van der Waals surface area (Å²) in [7, 11) is 0. The number of carbonyl (C=O) groups excluding carboxylic acids is 3. The van der Waals surface area contributed by atoms with Crippen molar-refractivity contribution in [1.29, 1.82) is 0 Å². The zero-order chi connectivity index (χ0) is 21.3. The molecule has 28 heavy (non-hydrogen) atoms. The van der Waals surface area contributed by atoms with Crippen molar-refractivity contribution in [3.63, 3.8) is 0 Å². The Bertz CT molecular complexity index is 438. The minimum atomic E-state index is -0.889. The minimum absolute atomic E-state index is 0.0198. The highest BCUT2D eigenvalue weighted by atomic mass is 19.1. The van der Waals surface area contributed by atoms with Gasteiger partial charge in [-0.25, -0.2) is 0 Å². The van der Waals surface area contributed by atoms with Crippen LogP contribution >= 0.6 is 0 Å². The molecule has 0 aromatic carbocycles. The zero-order valence-electron chi connectivity index (χ0n) is 17.8. The third-order valence-corrected chi connectivity index (χ3v) is 4.58. The van der Waals surface area contributed by atoms with Crippen LogP contribution < -0.4 is 5.32 Å². The van der Waals surface area contributed by atoms with E-state index < -0.39 is 17.5 Å². The fraction of sp³-hybridized carbons (Fsp3) is 0.857. The molecule has 0 unspecified atom stereocenters. The number of carbonyl (C=O) groups is 3. The predicted octanol–water partition coefficient (Wildman–Crippen LogP) is 4.25. The van der Waals surface area contributed by atoms with E-state index in [2.05, 4.69) is 5.32 Å². The van der Waals surface area contributed by atoms with Gasteiger partial charge in [0.2, 0.25) is 5.91 Å². The fourth-order valence-electron chi connectivity index (χ4n) is 3.15. The van der Waals surface area contributed by atoms with Crippen LogP contribution in [0.4, 0.5) is 4.39 Å². The second-order valence-electron chi connectivity index (χ2n) is 7.50. The van der Waals surface area contributed by atoms with E-state index in [1.165, 1.54) is 33.6 Å². The van der Waals surface area contributed by atoms with Crippen molar-refractivity contribution >= 4 is 17.8 Å². The van der Waals surface area contributed by atoms with Crippen molar-refractivity contribution in [3.05, 3.63) is 0 Å². The van der Waals surface area contributed by atoms with Crippen LogP contribution in [-0.2, 0) is 23.9 Å². The normalized spacial score (nSPS) is 11.1. The second kappa shape index (κ2) is 16.3. The first-order chi connectivity index (χ1) is 13.3. The molecule has 0 aromatic heterocycles. The van der Waals surface area contributed by atoms with Gasteiger partial charge in [0, 0.05) is 20.8 Å². The van der Waals surface area contributed by atoms with E-state index in [1.54, 1.807) is 0 Å². The molecule has 0 spiro atoms. The Balaban J connectivity index is 4.28. The van der Waals surface area contributed by atoms with Crippen LogP contribution in [0, 0.1) is 0 Å². The van der Waals surface area contributed by atoms with Gasteiger partial charge in [0.1, 0.15) is 18.8 Å². The van der Waals surface area contributed by atoms with Crippen LogP contribution in [0.3, 0.4) is 0 Å². The van der Waals surface area contributed by atoms with Gasteiger partial charge in [0.25, 0.3) is 0 Å². The SMILES string of the molecule is CC(=O)NC(CCCCCCCCCCCCF)(COC(C)=O)COC(C)=O. The van der Waals surface area contributed by atoms with Crippen LogP contribution in [0.25, 0.3) is 0 Å². The summed E-state index contributed by atoms with van der Waals surface area (Å²) in [4.78, 5) is 34.1. The lowest BCUT2D eigenvalue weighted by Crippen LogP contribution is -2.55. The topological polar surface area (TPSA) is 81.7 Å². The lowest BCUT2D eigenvalue weighted by Gasteiger charge is -2.33. The number of amides is 1. The number of hydrogen-bond acceptors (Lipinski definition) is 5. The summed E-state index contributed by atoms with van der Waals surface area (Å²) in [5, 5.41) is 2.82. The lowest BCUT2D eigenvalue weighted by molar-refractivity contribution is -0.150. The molecule has 0 rings (SSSR count). The van der Waals surface area contributed by atoms with Gasteiger partial charge in [-0.1, -0.05) is 57.8 Å². The first-order valence-corrected chi connectivity index (χ1v) is 10.4. The monoisotopic (exact) mass is 403 g/mol. The average molecular weight is 404 g/mol. The Morgan fingerprint density at radius 1 is 0.714 bits per heavy atom. The van der Waals surface area contributed by atoms with Gasteiger partial charge in [-0.15, -0.1) is 0 Å². The largest absolute Gasteiger partial charge is 0.463 e. The predicted molar refractivity (Wildman–Crippen MR) is 107 cm³/mol. The summed E-state index contributed by atoms with van der Waals surface area (Å²) in [5.74, 6) is -1.14. The van der Waals surface area contributed by atoms with Crippen molar-refractivity contribution in [2.75, 3.05) is 19.9 Å². The molecule has 1 N–H and O–H groups in total. The van der Waals surface area contributed by atoms with E-state index in [0.717, 1.165) is 44.9 Å². The summed E-state index contributed by atoms with van der Waals surface area (Å²) in [6.45, 7) is 3.75. The zero-order valence-corrected chi connectivity index (χ0v) is 17.8. The number of ether oxygens (including phenoxy) is 2. The number of halogens is 1. The molecule has 0 heterocycles. The summed E-state index contributed by atoms with van der Waals surface area (Å²) in [6, 6.07) is 0. The van der Waals surface area contributed by atoms with Gasteiger partial charge < -0.3 is 14.8 Å². The van der Waals surface area contributed by atoms with Crippen LogP contribution in [0.5, 0.6) is 0 Å². The van der Waals surface area contributed by atoms with Crippen molar-refractivity contribution in [2.24, 2.45) is 0 Å². The molecule has 0 aromatic rings. The van der Waals surface area contributed by atoms with Crippen molar-refractivity contribution in [2.45, 2.75) is 96.9 Å². The second-order valence-corrected chi connectivity index (χ2v) is 7.50. The molecule has 0 fully saturated rings. The molecule has 0 saturated heterocycles. The molecule has 0 aliphatic rings.